The molecule has 246 valence electrons. The number of anilines is 3. The maximum Gasteiger partial charge on any atom is 0.0549 e. The summed E-state index contributed by atoms with van der Waals surface area (Å²) in [4.78, 5) is 2.40. The minimum Gasteiger partial charge on any atom is -0.310 e. The summed E-state index contributed by atoms with van der Waals surface area (Å²) in [6, 6.07) is 74.6. The van der Waals surface area contributed by atoms with Crippen LogP contribution in [-0.4, -0.2) is 0 Å². The molecular formula is C51H37N. The molecule has 0 saturated heterocycles. The number of hydrogen-bond donors (Lipinski definition) is 0. The fraction of sp³-hybridized carbons (Fsp3) is 0.0196. The van der Waals surface area contributed by atoms with E-state index in [0.717, 1.165) is 11.4 Å². The summed E-state index contributed by atoms with van der Waals surface area (Å²) in [6.07, 6.45) is 0. The largest absolute Gasteiger partial charge is 0.310 e. The van der Waals surface area contributed by atoms with Gasteiger partial charge in [0.1, 0.15) is 0 Å². The lowest BCUT2D eigenvalue weighted by atomic mass is 9.90. The predicted octanol–water partition coefficient (Wildman–Crippen LogP) is 14.4. The molecule has 9 aromatic rings. The number of benzene rings is 9. The van der Waals surface area contributed by atoms with Gasteiger partial charge >= 0.3 is 0 Å². The molecule has 1 nitrogen and oxygen atoms in total. The fourth-order valence-corrected chi connectivity index (χ4v) is 7.61. The first kappa shape index (κ1) is 31.3. The molecule has 0 atom stereocenters. The van der Waals surface area contributed by atoms with Crippen LogP contribution in [0.3, 0.4) is 0 Å². The van der Waals surface area contributed by atoms with E-state index in [9.17, 15) is 0 Å². The minimum absolute atomic E-state index is 1.12. The number of nitrogens with zero attached hydrogens (tertiary/aromatic N) is 1. The topological polar surface area (TPSA) is 3.24 Å². The number of rotatable bonds is 7. The summed E-state index contributed by atoms with van der Waals surface area (Å²) in [7, 11) is 0. The molecule has 0 N–H and O–H groups in total. The molecule has 0 aliphatic rings. The molecule has 1 heteroatoms. The second-order valence-corrected chi connectivity index (χ2v) is 13.4. The average molecular weight is 664 g/mol. The van der Waals surface area contributed by atoms with Crippen LogP contribution in [0.4, 0.5) is 17.1 Å². The number of para-hydroxylation sites is 1. The van der Waals surface area contributed by atoms with E-state index in [1.807, 2.05) is 0 Å². The van der Waals surface area contributed by atoms with Crippen molar-refractivity contribution in [2.75, 3.05) is 4.90 Å². The SMILES string of the molecule is Cc1cccc2c1c(N(c1ccccc1)c1ccc(-c3ccc(-c4cc(-c5ccccc5)ccc4-c4ccccc4)cc3)cc1)cc1ccccc12. The number of hydrogen-bond acceptors (Lipinski definition) is 1. The highest BCUT2D eigenvalue weighted by molar-refractivity contribution is 6.15. The van der Waals surface area contributed by atoms with Gasteiger partial charge in [-0.2, -0.15) is 0 Å². The molecule has 0 amide bonds. The van der Waals surface area contributed by atoms with Crippen LogP contribution in [0, 0.1) is 6.92 Å². The Hall–Kier alpha value is -6.70. The van der Waals surface area contributed by atoms with E-state index >= 15 is 0 Å². The molecule has 0 heterocycles. The van der Waals surface area contributed by atoms with Gasteiger partial charge in [0.2, 0.25) is 0 Å². The predicted molar refractivity (Wildman–Crippen MR) is 223 cm³/mol. The van der Waals surface area contributed by atoms with Gasteiger partial charge in [0.05, 0.1) is 5.69 Å². The van der Waals surface area contributed by atoms with Crippen LogP contribution in [-0.2, 0) is 0 Å². The van der Waals surface area contributed by atoms with Crippen molar-refractivity contribution in [3.63, 3.8) is 0 Å². The molecular weight excluding hydrogens is 627 g/mol. The van der Waals surface area contributed by atoms with Gasteiger partial charge in [0.15, 0.2) is 0 Å². The molecule has 0 aromatic heterocycles. The number of aryl methyl sites for hydroxylation is 1. The van der Waals surface area contributed by atoms with Crippen molar-refractivity contribution < 1.29 is 0 Å². The van der Waals surface area contributed by atoms with Gasteiger partial charge < -0.3 is 4.90 Å². The molecule has 0 aliphatic heterocycles. The monoisotopic (exact) mass is 663 g/mol. The third-order valence-corrected chi connectivity index (χ3v) is 10.2. The van der Waals surface area contributed by atoms with E-state index in [-0.39, 0.29) is 0 Å². The summed E-state index contributed by atoms with van der Waals surface area (Å²) in [6.45, 7) is 2.22. The lowest BCUT2D eigenvalue weighted by molar-refractivity contribution is 1.30. The summed E-state index contributed by atoms with van der Waals surface area (Å²) in [5.41, 5.74) is 14.4. The second kappa shape index (κ2) is 13.5. The van der Waals surface area contributed by atoms with Crippen molar-refractivity contribution in [1.82, 2.24) is 0 Å². The van der Waals surface area contributed by atoms with Crippen LogP contribution in [0.1, 0.15) is 5.56 Å². The first-order valence-electron chi connectivity index (χ1n) is 17.9. The highest BCUT2D eigenvalue weighted by Crippen LogP contribution is 2.44. The third kappa shape index (κ3) is 5.83. The molecule has 0 aliphatic carbocycles. The Morgan fingerprint density at radius 3 is 1.54 bits per heavy atom. The van der Waals surface area contributed by atoms with Gasteiger partial charge in [0.25, 0.3) is 0 Å². The Labute approximate surface area is 305 Å². The molecule has 0 spiro atoms. The summed E-state index contributed by atoms with van der Waals surface area (Å²) >= 11 is 0. The minimum atomic E-state index is 1.12. The highest BCUT2D eigenvalue weighted by Gasteiger charge is 2.19. The van der Waals surface area contributed by atoms with Crippen molar-refractivity contribution >= 4 is 38.6 Å². The lowest BCUT2D eigenvalue weighted by Crippen LogP contribution is -2.11. The van der Waals surface area contributed by atoms with Crippen molar-refractivity contribution in [3.05, 3.63) is 212 Å². The quantitative estimate of drug-likeness (QED) is 0.153. The summed E-state index contributed by atoms with van der Waals surface area (Å²) in [5.74, 6) is 0. The molecule has 9 aromatic carbocycles. The first-order valence-corrected chi connectivity index (χ1v) is 17.9. The van der Waals surface area contributed by atoms with Crippen LogP contribution in [0.25, 0.3) is 66.1 Å². The standard InChI is InChI=1S/C51H37N/c1-36-14-13-23-48-46-22-12-11-19-43(46)35-50(51(36)48)52(44-20-9-4-10-21-44)45-31-28-39(29-32-45)38-24-26-41(27-25-38)49-34-42(37-15-5-2-6-16-37)30-33-47(49)40-17-7-3-8-18-40/h2-35H,1H3. The Balaban J connectivity index is 1.11. The smallest absolute Gasteiger partial charge is 0.0549 e. The van der Waals surface area contributed by atoms with E-state index in [4.69, 9.17) is 0 Å². The zero-order valence-corrected chi connectivity index (χ0v) is 29.1. The third-order valence-electron chi connectivity index (χ3n) is 10.2. The molecule has 0 bridgehead atoms. The van der Waals surface area contributed by atoms with Crippen molar-refractivity contribution in [1.29, 1.82) is 0 Å². The molecule has 0 radical (unpaired) electrons. The average Bonchev–Trinajstić information content (AvgIpc) is 3.22. The van der Waals surface area contributed by atoms with E-state index in [1.54, 1.807) is 0 Å². The Morgan fingerprint density at radius 1 is 0.327 bits per heavy atom. The van der Waals surface area contributed by atoms with E-state index in [2.05, 4.69) is 218 Å². The lowest BCUT2D eigenvalue weighted by Gasteiger charge is -2.28. The van der Waals surface area contributed by atoms with E-state index < -0.39 is 0 Å². The van der Waals surface area contributed by atoms with E-state index in [1.165, 1.54) is 77.3 Å². The molecule has 0 fully saturated rings. The Kier molecular flexibility index (Phi) is 8.15. The summed E-state index contributed by atoms with van der Waals surface area (Å²) in [5, 5.41) is 5.06. The highest BCUT2D eigenvalue weighted by atomic mass is 15.1. The second-order valence-electron chi connectivity index (χ2n) is 13.4. The molecule has 0 unspecified atom stereocenters. The van der Waals surface area contributed by atoms with Crippen LogP contribution in [0.2, 0.25) is 0 Å². The molecule has 52 heavy (non-hydrogen) atoms. The van der Waals surface area contributed by atoms with Gasteiger partial charge in [-0.1, -0.05) is 170 Å². The molecule has 0 saturated carbocycles. The van der Waals surface area contributed by atoms with Crippen LogP contribution >= 0.6 is 0 Å². The van der Waals surface area contributed by atoms with Crippen molar-refractivity contribution in [2.45, 2.75) is 6.92 Å². The Bertz CT molecular complexity index is 2640. The maximum absolute atomic E-state index is 2.40. The van der Waals surface area contributed by atoms with Gasteiger partial charge in [-0.15, -0.1) is 0 Å². The van der Waals surface area contributed by atoms with Gasteiger partial charge in [-0.05, 0) is 110 Å². The van der Waals surface area contributed by atoms with Gasteiger partial charge in [-0.3, -0.25) is 0 Å². The zero-order chi connectivity index (χ0) is 34.9. The molecule has 9 rings (SSSR count). The maximum atomic E-state index is 2.40. The summed E-state index contributed by atoms with van der Waals surface area (Å²) < 4.78 is 0. The fourth-order valence-electron chi connectivity index (χ4n) is 7.61. The normalized spacial score (nSPS) is 11.2. The first-order chi connectivity index (χ1) is 25.7. The number of fused-ring (bicyclic) bond motifs is 3. The van der Waals surface area contributed by atoms with Gasteiger partial charge in [-0.25, -0.2) is 0 Å². The Morgan fingerprint density at radius 2 is 0.827 bits per heavy atom. The van der Waals surface area contributed by atoms with Crippen molar-refractivity contribution in [2.24, 2.45) is 0 Å². The van der Waals surface area contributed by atoms with Crippen LogP contribution in [0.5, 0.6) is 0 Å². The van der Waals surface area contributed by atoms with E-state index in [0.29, 0.717) is 0 Å². The van der Waals surface area contributed by atoms with Crippen molar-refractivity contribution in [3.8, 4) is 44.5 Å². The van der Waals surface area contributed by atoms with Crippen LogP contribution in [0.15, 0.2) is 206 Å². The van der Waals surface area contributed by atoms with Gasteiger partial charge in [0, 0.05) is 16.8 Å². The van der Waals surface area contributed by atoms with Crippen LogP contribution < -0.4 is 4.90 Å². The zero-order valence-electron chi connectivity index (χ0n) is 29.1.